The lowest BCUT2D eigenvalue weighted by atomic mass is 9.94. The molecule has 2 N–H and O–H groups in total. The van der Waals surface area contributed by atoms with Gasteiger partial charge in [0, 0.05) is 63.4 Å². The Hall–Kier alpha value is -2.21. The fourth-order valence-electron chi connectivity index (χ4n) is 5.69. The summed E-state index contributed by atoms with van der Waals surface area (Å²) >= 11 is 12.2. The summed E-state index contributed by atoms with van der Waals surface area (Å²) < 4.78 is 35.5. The van der Waals surface area contributed by atoms with Crippen molar-refractivity contribution in [3.63, 3.8) is 0 Å². The second kappa shape index (κ2) is 11.7. The average molecular weight is 595 g/mol. The van der Waals surface area contributed by atoms with Crippen LogP contribution in [0.25, 0.3) is 11.0 Å². The Balaban J connectivity index is 1.34. The minimum absolute atomic E-state index is 0.00186. The van der Waals surface area contributed by atoms with Crippen LogP contribution < -0.4 is 5.73 Å². The van der Waals surface area contributed by atoms with Gasteiger partial charge in [-0.2, -0.15) is 4.31 Å². The molecule has 2 saturated heterocycles. The third-order valence-electron chi connectivity index (χ3n) is 7.67. The van der Waals surface area contributed by atoms with Crippen LogP contribution in [0.1, 0.15) is 31.0 Å². The van der Waals surface area contributed by atoms with Gasteiger partial charge in [-0.25, -0.2) is 13.4 Å². The van der Waals surface area contributed by atoms with Crippen LogP contribution in [0, 0.1) is 5.92 Å². The summed E-state index contributed by atoms with van der Waals surface area (Å²) in [6.07, 6.45) is 2.61. The van der Waals surface area contributed by atoms with E-state index in [0.717, 1.165) is 42.7 Å². The number of ether oxygens (including phenoxy) is 1. The van der Waals surface area contributed by atoms with Crippen molar-refractivity contribution in [2.75, 3.05) is 39.9 Å². The Bertz CT molecular complexity index is 1460. The van der Waals surface area contributed by atoms with Crippen molar-refractivity contribution in [2.45, 2.75) is 42.7 Å². The van der Waals surface area contributed by atoms with Crippen LogP contribution in [0.5, 0.6) is 0 Å². The SMILES string of the molecule is COCCCn1c(C2CCCN(C(=O)[C@@H]3CN(S(=O)(=O)c4cc(Cl)ccc4Cl)C[C@H]3N)C2)nc2ccccc21. The number of rotatable bonds is 8. The molecule has 9 nitrogen and oxygen atoms in total. The first-order valence-corrected chi connectivity index (χ1v) is 15.3. The number of halogens is 2. The fraction of sp³-hybridized carbons (Fsp3) is 0.481. The highest BCUT2D eigenvalue weighted by molar-refractivity contribution is 7.89. The van der Waals surface area contributed by atoms with E-state index in [1.807, 2.05) is 23.1 Å². The van der Waals surface area contributed by atoms with E-state index in [1.165, 1.54) is 22.5 Å². The van der Waals surface area contributed by atoms with Crippen molar-refractivity contribution in [1.82, 2.24) is 18.8 Å². The molecule has 39 heavy (non-hydrogen) atoms. The molecule has 0 aliphatic carbocycles. The van der Waals surface area contributed by atoms with Gasteiger partial charge in [0.1, 0.15) is 10.7 Å². The first-order chi connectivity index (χ1) is 18.7. The van der Waals surface area contributed by atoms with Gasteiger partial charge < -0.3 is 19.9 Å². The summed E-state index contributed by atoms with van der Waals surface area (Å²) in [7, 11) is -2.27. The van der Waals surface area contributed by atoms with E-state index in [0.29, 0.717) is 19.7 Å². The standard InChI is InChI=1S/C27H33Cl2N5O4S/c1-38-13-5-12-34-24-8-3-2-7-23(24)31-26(34)18-6-4-11-32(15-18)27(35)20-16-33(17-22(20)30)39(36,37)25-14-19(28)9-10-21(25)29/h2-3,7-10,14,18,20,22H,4-6,11-13,15-17,30H2,1H3/t18?,20-,22-/m1/s1. The van der Waals surface area contributed by atoms with Gasteiger partial charge >= 0.3 is 0 Å². The molecule has 2 aromatic carbocycles. The van der Waals surface area contributed by atoms with Crippen molar-refractivity contribution < 1.29 is 17.9 Å². The summed E-state index contributed by atoms with van der Waals surface area (Å²) in [4.78, 5) is 20.4. The number of nitrogens with two attached hydrogens (primary N) is 1. The van der Waals surface area contributed by atoms with E-state index in [-0.39, 0.29) is 39.9 Å². The monoisotopic (exact) mass is 593 g/mol. The molecule has 1 aromatic heterocycles. The lowest BCUT2D eigenvalue weighted by molar-refractivity contribution is -0.136. The summed E-state index contributed by atoms with van der Waals surface area (Å²) in [5.74, 6) is 0.279. The highest BCUT2D eigenvalue weighted by Crippen LogP contribution is 2.34. The van der Waals surface area contributed by atoms with Gasteiger partial charge in [0.15, 0.2) is 0 Å². The number of aromatic nitrogens is 2. The molecule has 3 aromatic rings. The third kappa shape index (κ3) is 5.68. The van der Waals surface area contributed by atoms with Crippen molar-refractivity contribution in [3.8, 4) is 0 Å². The number of para-hydroxylation sites is 2. The van der Waals surface area contributed by atoms with Crippen LogP contribution in [0.3, 0.4) is 0 Å². The summed E-state index contributed by atoms with van der Waals surface area (Å²) in [6, 6.07) is 11.8. The van der Waals surface area contributed by atoms with Crippen LogP contribution in [0.15, 0.2) is 47.4 Å². The Labute approximate surface area is 238 Å². The number of hydrogen-bond donors (Lipinski definition) is 1. The Kier molecular flexibility index (Phi) is 8.51. The first kappa shape index (κ1) is 28.3. The van der Waals surface area contributed by atoms with Crippen molar-refractivity contribution >= 4 is 50.2 Å². The minimum atomic E-state index is -3.96. The molecule has 12 heteroatoms. The number of amides is 1. The normalized spacial score (nSPS) is 22.6. The Morgan fingerprint density at radius 2 is 1.95 bits per heavy atom. The highest BCUT2D eigenvalue weighted by Gasteiger charge is 2.44. The zero-order valence-electron chi connectivity index (χ0n) is 21.8. The van der Waals surface area contributed by atoms with Gasteiger partial charge in [0.25, 0.3) is 0 Å². The molecule has 0 spiro atoms. The number of nitrogens with zero attached hydrogens (tertiary/aromatic N) is 4. The van der Waals surface area contributed by atoms with Crippen LogP contribution in [0.4, 0.5) is 0 Å². The second-order valence-electron chi connectivity index (χ2n) is 10.2. The fourth-order valence-corrected chi connectivity index (χ4v) is 7.93. The first-order valence-electron chi connectivity index (χ1n) is 13.1. The topological polar surface area (TPSA) is 111 Å². The van der Waals surface area contributed by atoms with E-state index in [1.54, 1.807) is 7.11 Å². The molecule has 2 aliphatic rings. The van der Waals surface area contributed by atoms with E-state index >= 15 is 0 Å². The van der Waals surface area contributed by atoms with Gasteiger partial charge in [-0.1, -0.05) is 35.3 Å². The van der Waals surface area contributed by atoms with E-state index in [2.05, 4.69) is 10.6 Å². The smallest absolute Gasteiger partial charge is 0.244 e. The molecular weight excluding hydrogens is 561 g/mol. The number of hydrogen-bond acceptors (Lipinski definition) is 6. The molecule has 5 rings (SSSR count). The predicted molar refractivity (Wildman–Crippen MR) is 151 cm³/mol. The van der Waals surface area contributed by atoms with Crippen molar-refractivity contribution in [3.05, 3.63) is 58.3 Å². The highest BCUT2D eigenvalue weighted by atomic mass is 35.5. The molecular formula is C27H33Cl2N5O4S. The molecule has 210 valence electrons. The van der Waals surface area contributed by atoms with E-state index in [9.17, 15) is 13.2 Å². The van der Waals surface area contributed by atoms with Crippen molar-refractivity contribution in [1.29, 1.82) is 0 Å². The van der Waals surface area contributed by atoms with Gasteiger partial charge in [0.05, 0.1) is 22.0 Å². The number of benzene rings is 2. The number of fused-ring (bicyclic) bond motifs is 1. The lowest BCUT2D eigenvalue weighted by Crippen LogP contribution is -2.47. The number of likely N-dealkylation sites (tertiary alicyclic amines) is 1. The number of carbonyl (C=O) groups excluding carboxylic acids is 1. The molecule has 2 fully saturated rings. The predicted octanol–water partition coefficient (Wildman–Crippen LogP) is 3.73. The summed E-state index contributed by atoms with van der Waals surface area (Å²) in [5.41, 5.74) is 8.38. The average Bonchev–Trinajstić information content (AvgIpc) is 3.51. The molecule has 3 atom stereocenters. The van der Waals surface area contributed by atoms with E-state index in [4.69, 9.17) is 38.7 Å². The van der Waals surface area contributed by atoms with Gasteiger partial charge in [-0.3, -0.25) is 4.79 Å². The Morgan fingerprint density at radius 1 is 1.15 bits per heavy atom. The molecule has 0 saturated carbocycles. The van der Waals surface area contributed by atoms with Crippen molar-refractivity contribution in [2.24, 2.45) is 11.7 Å². The lowest BCUT2D eigenvalue weighted by Gasteiger charge is -2.35. The largest absolute Gasteiger partial charge is 0.385 e. The number of sulfonamides is 1. The maximum absolute atomic E-state index is 13.7. The zero-order valence-corrected chi connectivity index (χ0v) is 24.1. The third-order valence-corrected chi connectivity index (χ3v) is 10.2. The van der Waals surface area contributed by atoms with Crippen LogP contribution >= 0.6 is 23.2 Å². The quantitative estimate of drug-likeness (QED) is 0.398. The van der Waals surface area contributed by atoms with E-state index < -0.39 is 22.0 Å². The number of aryl methyl sites for hydroxylation is 1. The number of piperidine rings is 1. The number of methoxy groups -OCH3 is 1. The maximum atomic E-state index is 13.7. The summed E-state index contributed by atoms with van der Waals surface area (Å²) in [5, 5.41) is 0.344. The van der Waals surface area contributed by atoms with Gasteiger partial charge in [-0.15, -0.1) is 0 Å². The number of carbonyl (C=O) groups is 1. The molecule has 1 amide bonds. The maximum Gasteiger partial charge on any atom is 0.244 e. The van der Waals surface area contributed by atoms with Gasteiger partial charge in [-0.05, 0) is 49.6 Å². The van der Waals surface area contributed by atoms with Crippen LogP contribution in [-0.4, -0.2) is 79.0 Å². The molecule has 0 bridgehead atoms. The molecule has 1 unspecified atom stereocenters. The zero-order chi connectivity index (χ0) is 27.7. The minimum Gasteiger partial charge on any atom is -0.385 e. The molecule has 2 aliphatic heterocycles. The van der Waals surface area contributed by atoms with Crippen LogP contribution in [-0.2, 0) is 26.1 Å². The summed E-state index contributed by atoms with van der Waals surface area (Å²) in [6.45, 7) is 2.59. The molecule has 3 heterocycles. The molecule has 0 radical (unpaired) electrons. The van der Waals surface area contributed by atoms with Crippen LogP contribution in [0.2, 0.25) is 10.0 Å². The van der Waals surface area contributed by atoms with Gasteiger partial charge in [0.2, 0.25) is 15.9 Å². The number of imidazole rings is 1. The second-order valence-corrected chi connectivity index (χ2v) is 13.0. The Morgan fingerprint density at radius 3 is 2.74 bits per heavy atom.